The zero-order valence-corrected chi connectivity index (χ0v) is 20.2. The standard InChI is InChI=1S/C13H11ClF2N2O2.C11H14O3/c1-3-6-4-8-9(19-8)5-7(6)11-10(14)12(18(2)17-11)20-13(15)16;1-11(2,10(12)13-3)14-9-7-5-4-6-8-9/h4-5,13H,3H2,1-2H3;4-8H,1-3H3. The van der Waals surface area contributed by atoms with Crippen LogP contribution in [0.3, 0.4) is 0 Å². The van der Waals surface area contributed by atoms with Gasteiger partial charge in [-0.15, -0.1) is 0 Å². The van der Waals surface area contributed by atoms with Crippen molar-refractivity contribution in [2.45, 2.75) is 39.4 Å². The summed E-state index contributed by atoms with van der Waals surface area (Å²) in [5, 5.41) is 4.25. The van der Waals surface area contributed by atoms with Crippen LogP contribution in [0.5, 0.6) is 23.1 Å². The van der Waals surface area contributed by atoms with E-state index in [9.17, 15) is 13.6 Å². The van der Waals surface area contributed by atoms with E-state index in [0.717, 1.165) is 29.0 Å². The SMILES string of the molecule is CCc1cc2c(cc1-c1nn(C)c(OC(F)F)c1Cl)O2.COC(=O)C(C)(C)Oc1ccccc1. The van der Waals surface area contributed by atoms with E-state index < -0.39 is 12.2 Å². The number of alkyl halides is 2. The van der Waals surface area contributed by atoms with Crippen molar-refractivity contribution in [3.8, 4) is 34.4 Å². The molecule has 0 radical (unpaired) electrons. The lowest BCUT2D eigenvalue weighted by molar-refractivity contribution is -0.156. The van der Waals surface area contributed by atoms with Crippen LogP contribution < -0.4 is 14.2 Å². The molecule has 10 heteroatoms. The number of ether oxygens (including phenoxy) is 4. The van der Waals surface area contributed by atoms with Crippen molar-refractivity contribution in [1.29, 1.82) is 0 Å². The van der Waals surface area contributed by atoms with Crippen LogP contribution in [0.2, 0.25) is 5.02 Å². The largest absolute Gasteiger partial charge is 0.476 e. The lowest BCUT2D eigenvalue weighted by Gasteiger charge is -2.23. The molecule has 7 nitrogen and oxygen atoms in total. The zero-order chi connectivity index (χ0) is 25.0. The summed E-state index contributed by atoms with van der Waals surface area (Å²) in [4.78, 5) is 11.3. The van der Waals surface area contributed by atoms with Gasteiger partial charge in [0.2, 0.25) is 5.88 Å². The fourth-order valence-corrected chi connectivity index (χ4v) is 3.51. The number of carbonyl (C=O) groups is 1. The number of carbonyl (C=O) groups excluding carboxylic acids is 1. The number of esters is 1. The van der Waals surface area contributed by atoms with Crippen LogP contribution in [0.25, 0.3) is 11.3 Å². The Morgan fingerprint density at radius 3 is 2.44 bits per heavy atom. The van der Waals surface area contributed by atoms with Crippen molar-refractivity contribution in [3.05, 3.63) is 53.1 Å². The average Bonchev–Trinajstić information content (AvgIpc) is 3.52. The number of halogens is 3. The molecule has 0 atom stereocenters. The molecule has 0 spiro atoms. The van der Waals surface area contributed by atoms with Gasteiger partial charge in [-0.3, -0.25) is 0 Å². The number of hydrogen-bond donors (Lipinski definition) is 0. The van der Waals surface area contributed by atoms with Gasteiger partial charge >= 0.3 is 12.6 Å². The minimum absolute atomic E-state index is 0.0723. The first-order valence-electron chi connectivity index (χ1n) is 10.4. The van der Waals surface area contributed by atoms with Gasteiger partial charge in [0.05, 0.1) is 7.11 Å². The molecule has 182 valence electrons. The molecule has 34 heavy (non-hydrogen) atoms. The fraction of sp³-hybridized carbons (Fsp3) is 0.333. The summed E-state index contributed by atoms with van der Waals surface area (Å²) in [6.45, 7) is 2.39. The highest BCUT2D eigenvalue weighted by atomic mass is 35.5. The topological polar surface area (TPSA) is 75.1 Å². The van der Waals surface area contributed by atoms with E-state index in [4.69, 9.17) is 21.1 Å². The van der Waals surface area contributed by atoms with E-state index in [1.54, 1.807) is 26.0 Å². The Morgan fingerprint density at radius 2 is 1.85 bits per heavy atom. The van der Waals surface area contributed by atoms with Gasteiger partial charge in [-0.25, -0.2) is 9.48 Å². The molecule has 4 rings (SSSR count). The quantitative estimate of drug-likeness (QED) is 0.231. The predicted octanol–water partition coefficient (Wildman–Crippen LogP) is 6.03. The number of hydrogen-bond acceptors (Lipinski definition) is 6. The van der Waals surface area contributed by atoms with Gasteiger partial charge in [0.1, 0.15) is 16.5 Å². The number of methoxy groups -OCH3 is 1. The summed E-state index contributed by atoms with van der Waals surface area (Å²) in [6.07, 6.45) is 0.754. The molecule has 0 saturated carbocycles. The first-order chi connectivity index (χ1) is 16.1. The Hall–Kier alpha value is -3.33. The number of aryl methyl sites for hydroxylation is 2. The van der Waals surface area contributed by atoms with Crippen LogP contribution in [0.4, 0.5) is 8.78 Å². The van der Waals surface area contributed by atoms with E-state index in [2.05, 4.69) is 14.6 Å². The Balaban J connectivity index is 0.000000204. The number of benzene rings is 2. The van der Waals surface area contributed by atoms with Gasteiger partial charge in [0, 0.05) is 12.6 Å². The maximum atomic E-state index is 12.4. The fourth-order valence-electron chi connectivity index (χ4n) is 3.20. The van der Waals surface area contributed by atoms with Crippen molar-refractivity contribution in [2.75, 3.05) is 7.11 Å². The molecule has 1 aromatic heterocycles. The maximum Gasteiger partial charge on any atom is 0.388 e. The number of nitrogens with zero attached hydrogens (tertiary/aromatic N) is 2. The second-order valence-corrected chi connectivity index (χ2v) is 8.18. The van der Waals surface area contributed by atoms with Gasteiger partial charge in [-0.2, -0.15) is 13.9 Å². The molecular formula is C24H25ClF2N2O5. The third-order valence-electron chi connectivity index (χ3n) is 4.92. The highest BCUT2D eigenvalue weighted by Crippen LogP contribution is 2.50. The van der Waals surface area contributed by atoms with Crippen molar-refractivity contribution < 1.29 is 32.5 Å². The summed E-state index contributed by atoms with van der Waals surface area (Å²) in [6, 6.07) is 12.9. The third-order valence-corrected chi connectivity index (χ3v) is 5.26. The molecular weight excluding hydrogens is 470 g/mol. The summed E-state index contributed by atoms with van der Waals surface area (Å²) < 4.78 is 45.7. The number of fused-ring (bicyclic) bond motifs is 1. The lowest BCUT2D eigenvalue weighted by Crippen LogP contribution is -2.39. The third kappa shape index (κ3) is 5.77. The average molecular weight is 495 g/mol. The first kappa shape index (κ1) is 25.3. The molecule has 0 aliphatic carbocycles. The Bertz CT molecular complexity index is 1170. The van der Waals surface area contributed by atoms with E-state index in [0.29, 0.717) is 11.4 Å². The van der Waals surface area contributed by atoms with Crippen molar-refractivity contribution in [3.63, 3.8) is 0 Å². The lowest BCUT2D eigenvalue weighted by atomic mass is 10.0. The van der Waals surface area contributed by atoms with Crippen molar-refractivity contribution >= 4 is 17.6 Å². The van der Waals surface area contributed by atoms with E-state index in [1.807, 2.05) is 37.3 Å². The van der Waals surface area contributed by atoms with Crippen LogP contribution in [-0.4, -0.2) is 35.1 Å². The van der Waals surface area contributed by atoms with Crippen LogP contribution in [0.1, 0.15) is 26.3 Å². The highest BCUT2D eigenvalue weighted by molar-refractivity contribution is 6.34. The van der Waals surface area contributed by atoms with Crippen LogP contribution in [-0.2, 0) is 23.0 Å². The van der Waals surface area contributed by atoms with Crippen molar-refractivity contribution in [2.24, 2.45) is 7.05 Å². The second kappa shape index (κ2) is 10.3. The first-order valence-corrected chi connectivity index (χ1v) is 10.8. The molecule has 3 aromatic rings. The summed E-state index contributed by atoms with van der Waals surface area (Å²) in [5.41, 5.74) is 1.23. The van der Waals surface area contributed by atoms with Gasteiger partial charge in [0.25, 0.3) is 0 Å². The monoisotopic (exact) mass is 494 g/mol. The van der Waals surface area contributed by atoms with Crippen LogP contribution >= 0.6 is 11.6 Å². The van der Waals surface area contributed by atoms with Gasteiger partial charge in [-0.05, 0) is 50.1 Å². The molecule has 1 aliphatic heterocycles. The molecule has 0 fully saturated rings. The predicted molar refractivity (Wildman–Crippen MR) is 123 cm³/mol. The van der Waals surface area contributed by atoms with E-state index in [1.165, 1.54) is 18.8 Å². The molecule has 1 aliphatic rings. The summed E-state index contributed by atoms with van der Waals surface area (Å²) in [5.74, 6) is 1.71. The zero-order valence-electron chi connectivity index (χ0n) is 19.4. The second-order valence-electron chi connectivity index (χ2n) is 7.80. The molecule has 2 aromatic carbocycles. The minimum atomic E-state index is -2.95. The molecule has 0 amide bonds. The molecule has 0 bridgehead atoms. The molecule has 0 unspecified atom stereocenters. The van der Waals surface area contributed by atoms with E-state index in [-0.39, 0.29) is 16.9 Å². The summed E-state index contributed by atoms with van der Waals surface area (Å²) in [7, 11) is 2.85. The Kier molecular flexibility index (Phi) is 7.66. The molecule has 0 N–H and O–H groups in total. The number of para-hydroxylation sites is 1. The van der Waals surface area contributed by atoms with Gasteiger partial charge in [-0.1, -0.05) is 36.7 Å². The normalized spacial score (nSPS) is 11.7. The van der Waals surface area contributed by atoms with Gasteiger partial charge in [0.15, 0.2) is 17.1 Å². The molecule has 2 heterocycles. The highest BCUT2D eigenvalue weighted by Gasteiger charge is 2.31. The van der Waals surface area contributed by atoms with Gasteiger partial charge < -0.3 is 18.9 Å². The Morgan fingerprint density at radius 1 is 1.21 bits per heavy atom. The minimum Gasteiger partial charge on any atom is -0.476 e. The maximum absolute atomic E-state index is 12.4. The van der Waals surface area contributed by atoms with Crippen LogP contribution in [0, 0.1) is 0 Å². The molecule has 0 saturated heterocycles. The number of rotatable bonds is 7. The van der Waals surface area contributed by atoms with Crippen molar-refractivity contribution in [1.82, 2.24) is 9.78 Å². The Labute approximate surface area is 201 Å². The smallest absolute Gasteiger partial charge is 0.388 e. The van der Waals surface area contributed by atoms with E-state index >= 15 is 0 Å². The number of aromatic nitrogens is 2. The summed E-state index contributed by atoms with van der Waals surface area (Å²) >= 11 is 6.12. The van der Waals surface area contributed by atoms with Crippen LogP contribution in [0.15, 0.2) is 42.5 Å².